The van der Waals surface area contributed by atoms with Gasteiger partial charge in [0.25, 0.3) is 0 Å². The van der Waals surface area contributed by atoms with Crippen LogP contribution < -0.4 is 0 Å². The van der Waals surface area contributed by atoms with Crippen molar-refractivity contribution in [3.05, 3.63) is 17.8 Å². The number of aromatic nitrogens is 1. The molecule has 0 amide bonds. The van der Waals surface area contributed by atoms with Crippen molar-refractivity contribution in [1.82, 2.24) is 4.98 Å². The number of thioether (sulfide) groups is 1. The SMILES string of the molecule is O=C(O)c1coc(C2CCCSC2)n1. The van der Waals surface area contributed by atoms with Crippen molar-refractivity contribution in [3.63, 3.8) is 0 Å². The summed E-state index contributed by atoms with van der Waals surface area (Å²) in [4.78, 5) is 14.5. The highest BCUT2D eigenvalue weighted by Gasteiger charge is 2.21. The molecule has 1 aliphatic rings. The number of rotatable bonds is 2. The first kappa shape index (κ1) is 9.58. The third-order valence-corrected chi connectivity index (χ3v) is 3.47. The van der Waals surface area contributed by atoms with E-state index in [2.05, 4.69) is 4.98 Å². The zero-order valence-corrected chi connectivity index (χ0v) is 8.42. The van der Waals surface area contributed by atoms with Crippen molar-refractivity contribution in [2.45, 2.75) is 18.8 Å². The van der Waals surface area contributed by atoms with Gasteiger partial charge < -0.3 is 9.52 Å². The number of oxazole rings is 1. The lowest BCUT2D eigenvalue weighted by atomic mass is 10.1. The van der Waals surface area contributed by atoms with E-state index in [1.54, 1.807) is 0 Å². The van der Waals surface area contributed by atoms with E-state index >= 15 is 0 Å². The van der Waals surface area contributed by atoms with Gasteiger partial charge >= 0.3 is 5.97 Å². The molecule has 1 atom stereocenters. The van der Waals surface area contributed by atoms with Crippen molar-refractivity contribution in [3.8, 4) is 0 Å². The standard InChI is InChI=1S/C9H11NO3S/c11-9(12)7-4-13-8(10-7)6-2-1-3-14-5-6/h4,6H,1-3,5H2,(H,11,12). The van der Waals surface area contributed by atoms with Gasteiger partial charge in [0.1, 0.15) is 6.26 Å². The van der Waals surface area contributed by atoms with Gasteiger partial charge in [-0.2, -0.15) is 11.8 Å². The van der Waals surface area contributed by atoms with E-state index in [9.17, 15) is 4.79 Å². The van der Waals surface area contributed by atoms with Gasteiger partial charge in [0.05, 0.1) is 0 Å². The summed E-state index contributed by atoms with van der Waals surface area (Å²) in [5.41, 5.74) is 0.00979. The molecule has 1 aromatic rings. The molecule has 14 heavy (non-hydrogen) atoms. The third-order valence-electron chi connectivity index (χ3n) is 2.25. The highest BCUT2D eigenvalue weighted by molar-refractivity contribution is 7.99. The first-order chi connectivity index (χ1) is 6.77. The lowest BCUT2D eigenvalue weighted by Gasteiger charge is -2.17. The first-order valence-electron chi connectivity index (χ1n) is 4.54. The Balaban J connectivity index is 2.11. The maximum atomic E-state index is 10.6. The van der Waals surface area contributed by atoms with Crippen LogP contribution in [0.1, 0.15) is 35.1 Å². The minimum atomic E-state index is -1.02. The van der Waals surface area contributed by atoms with Crippen LogP contribution in [0, 0.1) is 0 Å². The lowest BCUT2D eigenvalue weighted by molar-refractivity contribution is 0.0690. The van der Waals surface area contributed by atoms with Crippen LogP contribution in [0.25, 0.3) is 0 Å². The van der Waals surface area contributed by atoms with E-state index in [0.29, 0.717) is 11.8 Å². The van der Waals surface area contributed by atoms with E-state index < -0.39 is 5.97 Å². The van der Waals surface area contributed by atoms with Crippen LogP contribution in [-0.2, 0) is 0 Å². The van der Waals surface area contributed by atoms with Crippen LogP contribution in [0.2, 0.25) is 0 Å². The Kier molecular flexibility index (Phi) is 2.77. The average Bonchev–Trinajstić information content (AvgIpc) is 2.68. The molecule has 1 aromatic heterocycles. The molecule has 0 radical (unpaired) electrons. The predicted molar refractivity (Wildman–Crippen MR) is 52.8 cm³/mol. The predicted octanol–water partition coefficient (Wildman–Crippen LogP) is 1.98. The Morgan fingerprint density at radius 1 is 1.71 bits per heavy atom. The van der Waals surface area contributed by atoms with Gasteiger partial charge in [-0.15, -0.1) is 0 Å². The lowest BCUT2D eigenvalue weighted by Crippen LogP contribution is -2.09. The van der Waals surface area contributed by atoms with E-state index in [4.69, 9.17) is 9.52 Å². The number of hydrogen-bond acceptors (Lipinski definition) is 4. The zero-order chi connectivity index (χ0) is 9.97. The molecule has 1 fully saturated rings. The summed E-state index contributed by atoms with van der Waals surface area (Å²) in [7, 11) is 0. The maximum Gasteiger partial charge on any atom is 0.357 e. The minimum Gasteiger partial charge on any atom is -0.476 e. The number of carbonyl (C=O) groups is 1. The molecule has 1 N–H and O–H groups in total. The van der Waals surface area contributed by atoms with Crippen LogP contribution in [0.3, 0.4) is 0 Å². The third kappa shape index (κ3) is 1.92. The molecule has 0 aromatic carbocycles. The summed E-state index contributed by atoms with van der Waals surface area (Å²) in [6.45, 7) is 0. The van der Waals surface area contributed by atoms with Crippen molar-refractivity contribution >= 4 is 17.7 Å². The second kappa shape index (κ2) is 4.04. The Hall–Kier alpha value is -0.970. The smallest absolute Gasteiger partial charge is 0.357 e. The monoisotopic (exact) mass is 213 g/mol. The second-order valence-corrected chi connectivity index (χ2v) is 4.44. The minimum absolute atomic E-state index is 0.00979. The van der Waals surface area contributed by atoms with Crippen molar-refractivity contribution < 1.29 is 14.3 Å². The van der Waals surface area contributed by atoms with Crippen molar-refractivity contribution in [1.29, 1.82) is 0 Å². The normalized spacial score (nSPS) is 22.1. The molecule has 1 saturated heterocycles. The van der Waals surface area contributed by atoms with E-state index in [0.717, 1.165) is 18.6 Å². The fraction of sp³-hybridized carbons (Fsp3) is 0.556. The average molecular weight is 213 g/mol. The maximum absolute atomic E-state index is 10.6. The Bertz CT molecular complexity index is 331. The summed E-state index contributed by atoms with van der Waals surface area (Å²) in [6, 6.07) is 0. The molecule has 0 aliphatic carbocycles. The Labute approximate surface area is 85.7 Å². The molecule has 4 nitrogen and oxygen atoms in total. The number of hydrogen-bond donors (Lipinski definition) is 1. The quantitative estimate of drug-likeness (QED) is 0.813. The van der Waals surface area contributed by atoms with Crippen LogP contribution in [0.5, 0.6) is 0 Å². The zero-order valence-electron chi connectivity index (χ0n) is 7.60. The number of carboxylic acid groups (broad SMARTS) is 1. The fourth-order valence-corrected chi connectivity index (χ4v) is 2.64. The highest BCUT2D eigenvalue weighted by Crippen LogP contribution is 2.30. The van der Waals surface area contributed by atoms with E-state index in [1.807, 2.05) is 11.8 Å². The summed E-state index contributed by atoms with van der Waals surface area (Å²) in [6.07, 6.45) is 3.42. The summed E-state index contributed by atoms with van der Waals surface area (Å²) in [5, 5.41) is 8.67. The first-order valence-corrected chi connectivity index (χ1v) is 5.69. The number of aromatic carboxylic acids is 1. The Morgan fingerprint density at radius 3 is 3.14 bits per heavy atom. The summed E-state index contributed by atoms with van der Waals surface area (Å²) in [5.74, 6) is 2.02. The fourth-order valence-electron chi connectivity index (χ4n) is 1.51. The Morgan fingerprint density at radius 2 is 2.57 bits per heavy atom. The molecule has 2 heterocycles. The van der Waals surface area contributed by atoms with Crippen LogP contribution >= 0.6 is 11.8 Å². The molecule has 1 unspecified atom stereocenters. The summed E-state index contributed by atoms with van der Waals surface area (Å²) < 4.78 is 5.16. The molecule has 0 saturated carbocycles. The van der Waals surface area contributed by atoms with Gasteiger partial charge in [0.2, 0.25) is 0 Å². The van der Waals surface area contributed by atoms with E-state index in [1.165, 1.54) is 12.0 Å². The molecule has 0 spiro atoms. The highest BCUT2D eigenvalue weighted by atomic mass is 32.2. The molecule has 0 bridgehead atoms. The van der Waals surface area contributed by atoms with Crippen molar-refractivity contribution in [2.24, 2.45) is 0 Å². The number of nitrogens with zero attached hydrogens (tertiary/aromatic N) is 1. The number of carboxylic acids is 1. The van der Waals surface area contributed by atoms with Gasteiger partial charge in [-0.05, 0) is 18.6 Å². The van der Waals surface area contributed by atoms with Gasteiger partial charge in [0, 0.05) is 11.7 Å². The second-order valence-electron chi connectivity index (χ2n) is 3.29. The molecule has 5 heteroatoms. The largest absolute Gasteiger partial charge is 0.476 e. The molecule has 1 aliphatic heterocycles. The van der Waals surface area contributed by atoms with Gasteiger partial charge in [0.15, 0.2) is 11.6 Å². The van der Waals surface area contributed by atoms with Crippen LogP contribution in [0.15, 0.2) is 10.7 Å². The van der Waals surface area contributed by atoms with Gasteiger partial charge in [-0.1, -0.05) is 0 Å². The van der Waals surface area contributed by atoms with Crippen LogP contribution in [-0.4, -0.2) is 27.6 Å². The van der Waals surface area contributed by atoms with Gasteiger partial charge in [-0.25, -0.2) is 9.78 Å². The summed E-state index contributed by atoms with van der Waals surface area (Å²) >= 11 is 1.87. The van der Waals surface area contributed by atoms with Crippen molar-refractivity contribution in [2.75, 3.05) is 11.5 Å². The topological polar surface area (TPSA) is 63.3 Å². The van der Waals surface area contributed by atoms with E-state index in [-0.39, 0.29) is 5.69 Å². The molecular formula is C9H11NO3S. The molecule has 2 rings (SSSR count). The molecular weight excluding hydrogens is 202 g/mol. The van der Waals surface area contributed by atoms with Crippen LogP contribution in [0.4, 0.5) is 0 Å². The molecule has 76 valence electrons. The van der Waals surface area contributed by atoms with Gasteiger partial charge in [-0.3, -0.25) is 0 Å².